The van der Waals surface area contributed by atoms with Crippen LogP contribution in [-0.4, -0.2) is 24.6 Å². The minimum absolute atomic E-state index is 0.0458. The van der Waals surface area contributed by atoms with Gasteiger partial charge in [0.15, 0.2) is 0 Å². The van der Waals surface area contributed by atoms with E-state index < -0.39 is 5.41 Å². The maximum atomic E-state index is 13.5. The Morgan fingerprint density at radius 3 is 2.43 bits per heavy atom. The maximum absolute atomic E-state index is 13.5. The number of benzene rings is 1. The lowest BCUT2D eigenvalue weighted by Gasteiger charge is -2.36. The van der Waals surface area contributed by atoms with Crippen molar-refractivity contribution in [3.8, 4) is 11.6 Å². The van der Waals surface area contributed by atoms with Crippen molar-refractivity contribution in [1.82, 2.24) is 4.98 Å². The number of rotatable bonds is 7. The molecule has 0 spiro atoms. The Morgan fingerprint density at radius 1 is 1.11 bits per heavy atom. The minimum atomic E-state index is -0.506. The predicted molar refractivity (Wildman–Crippen MR) is 111 cm³/mol. The second-order valence-corrected chi connectivity index (χ2v) is 7.46. The van der Waals surface area contributed by atoms with Gasteiger partial charge in [-0.25, -0.2) is 4.98 Å². The number of carbonyl (C=O) groups excluding carboxylic acids is 1. The molecule has 3 rings (SSSR count). The van der Waals surface area contributed by atoms with Crippen molar-refractivity contribution in [1.29, 1.82) is 0 Å². The molecule has 0 radical (unpaired) electrons. The second-order valence-electron chi connectivity index (χ2n) is 7.46. The van der Waals surface area contributed by atoms with Crippen LogP contribution in [-0.2, 0) is 10.2 Å². The van der Waals surface area contributed by atoms with E-state index in [0.29, 0.717) is 12.5 Å². The van der Waals surface area contributed by atoms with E-state index in [1.807, 2.05) is 43.3 Å². The van der Waals surface area contributed by atoms with Crippen molar-refractivity contribution in [2.45, 2.75) is 57.8 Å². The third-order valence-corrected chi connectivity index (χ3v) is 5.55. The van der Waals surface area contributed by atoms with Crippen LogP contribution in [0, 0.1) is 6.92 Å². The lowest BCUT2D eigenvalue weighted by molar-refractivity contribution is -0.122. The van der Waals surface area contributed by atoms with Crippen LogP contribution in [0.25, 0.3) is 0 Å². The number of hydrogen-bond donors (Lipinski definition) is 1. The van der Waals surface area contributed by atoms with Crippen LogP contribution >= 0.6 is 0 Å². The van der Waals surface area contributed by atoms with E-state index in [2.05, 4.69) is 17.2 Å². The van der Waals surface area contributed by atoms with Crippen LogP contribution in [0.15, 0.2) is 36.4 Å². The third-order valence-electron chi connectivity index (χ3n) is 5.55. The SMILES string of the molecule is CCCOc1ccc(NC(=O)C2(c3ccc(OC)cc3)CCCCC2)c(C)n1. The number of ether oxygens (including phenoxy) is 2. The number of anilines is 1. The molecular weight excluding hydrogens is 352 g/mol. The Morgan fingerprint density at radius 2 is 1.82 bits per heavy atom. The smallest absolute Gasteiger partial charge is 0.235 e. The van der Waals surface area contributed by atoms with Gasteiger partial charge in [0, 0.05) is 6.07 Å². The van der Waals surface area contributed by atoms with E-state index in [1.165, 1.54) is 6.42 Å². The monoisotopic (exact) mass is 382 g/mol. The summed E-state index contributed by atoms with van der Waals surface area (Å²) in [6.45, 7) is 4.60. The van der Waals surface area contributed by atoms with E-state index in [4.69, 9.17) is 9.47 Å². The van der Waals surface area contributed by atoms with Gasteiger partial charge < -0.3 is 14.8 Å². The summed E-state index contributed by atoms with van der Waals surface area (Å²) >= 11 is 0. The fraction of sp³-hybridized carbons (Fsp3) is 0.478. The molecule has 150 valence electrons. The number of nitrogens with zero attached hydrogens (tertiary/aromatic N) is 1. The molecule has 28 heavy (non-hydrogen) atoms. The first-order valence-electron chi connectivity index (χ1n) is 10.2. The average Bonchev–Trinajstić information content (AvgIpc) is 2.74. The zero-order chi connectivity index (χ0) is 20.0. The summed E-state index contributed by atoms with van der Waals surface area (Å²) in [5, 5.41) is 3.14. The molecule has 1 N–H and O–H groups in total. The van der Waals surface area contributed by atoms with Gasteiger partial charge in [0.2, 0.25) is 11.8 Å². The van der Waals surface area contributed by atoms with Crippen LogP contribution in [0.4, 0.5) is 5.69 Å². The second kappa shape index (κ2) is 9.09. The Hall–Kier alpha value is -2.56. The van der Waals surface area contributed by atoms with Crippen LogP contribution < -0.4 is 14.8 Å². The molecule has 0 aliphatic heterocycles. The van der Waals surface area contributed by atoms with E-state index in [0.717, 1.165) is 54.8 Å². The zero-order valence-electron chi connectivity index (χ0n) is 17.1. The lowest BCUT2D eigenvalue weighted by Crippen LogP contribution is -2.42. The van der Waals surface area contributed by atoms with Crippen molar-refractivity contribution in [3.63, 3.8) is 0 Å². The fourth-order valence-electron chi connectivity index (χ4n) is 3.91. The number of aromatic nitrogens is 1. The number of methoxy groups -OCH3 is 1. The Bertz CT molecular complexity index is 796. The molecule has 0 atom stereocenters. The zero-order valence-corrected chi connectivity index (χ0v) is 17.1. The third kappa shape index (κ3) is 4.29. The molecule has 0 unspecified atom stereocenters. The quantitative estimate of drug-likeness (QED) is 0.730. The standard InChI is InChI=1S/C23H30N2O3/c1-4-16-28-21-13-12-20(17(2)24-21)25-22(26)23(14-6-5-7-15-23)18-8-10-19(27-3)11-9-18/h8-13H,4-7,14-16H2,1-3H3,(H,25,26). The molecule has 2 aromatic rings. The van der Waals surface area contributed by atoms with E-state index in [1.54, 1.807) is 7.11 Å². The number of pyridine rings is 1. The van der Waals surface area contributed by atoms with Gasteiger partial charge in [0.05, 0.1) is 30.5 Å². The van der Waals surface area contributed by atoms with Crippen LogP contribution in [0.1, 0.15) is 56.7 Å². The van der Waals surface area contributed by atoms with Gasteiger partial charge in [-0.3, -0.25) is 4.79 Å². The van der Waals surface area contributed by atoms with Crippen LogP contribution in [0.2, 0.25) is 0 Å². The first-order chi connectivity index (χ1) is 13.6. The summed E-state index contributed by atoms with van der Waals surface area (Å²) in [4.78, 5) is 17.9. The summed E-state index contributed by atoms with van der Waals surface area (Å²) < 4.78 is 10.9. The molecule has 1 aromatic carbocycles. The summed E-state index contributed by atoms with van der Waals surface area (Å²) in [7, 11) is 1.65. The van der Waals surface area contributed by atoms with Crippen molar-refractivity contribution >= 4 is 11.6 Å². The first-order valence-corrected chi connectivity index (χ1v) is 10.2. The van der Waals surface area contributed by atoms with Crippen LogP contribution in [0.3, 0.4) is 0 Å². The Labute approximate surface area is 167 Å². The maximum Gasteiger partial charge on any atom is 0.235 e. The van der Waals surface area contributed by atoms with Gasteiger partial charge in [-0.15, -0.1) is 0 Å². The molecular formula is C23H30N2O3. The van der Waals surface area contributed by atoms with E-state index >= 15 is 0 Å². The summed E-state index contributed by atoms with van der Waals surface area (Å²) in [6, 6.07) is 11.6. The minimum Gasteiger partial charge on any atom is -0.497 e. The number of aryl methyl sites for hydroxylation is 1. The molecule has 0 saturated heterocycles. The van der Waals surface area contributed by atoms with Gasteiger partial charge in [0.1, 0.15) is 5.75 Å². The molecule has 1 fully saturated rings. The predicted octanol–water partition coefficient (Wildman–Crippen LogP) is 5.03. The molecule has 1 aliphatic rings. The highest BCUT2D eigenvalue weighted by Gasteiger charge is 2.41. The molecule has 1 heterocycles. The molecule has 0 bridgehead atoms. The normalized spacial score (nSPS) is 15.7. The van der Waals surface area contributed by atoms with E-state index in [9.17, 15) is 4.79 Å². The fourth-order valence-corrected chi connectivity index (χ4v) is 3.91. The highest BCUT2D eigenvalue weighted by Crippen LogP contribution is 2.41. The number of hydrogen-bond acceptors (Lipinski definition) is 4. The summed E-state index contributed by atoms with van der Waals surface area (Å²) in [5.74, 6) is 1.45. The van der Waals surface area contributed by atoms with Crippen molar-refractivity contribution < 1.29 is 14.3 Å². The van der Waals surface area contributed by atoms with Crippen LogP contribution in [0.5, 0.6) is 11.6 Å². The molecule has 1 aromatic heterocycles. The number of carbonyl (C=O) groups is 1. The topological polar surface area (TPSA) is 60.5 Å². The average molecular weight is 383 g/mol. The summed E-state index contributed by atoms with van der Waals surface area (Å²) in [6.07, 6.45) is 5.93. The molecule has 1 amide bonds. The molecule has 5 heteroatoms. The molecule has 1 saturated carbocycles. The largest absolute Gasteiger partial charge is 0.497 e. The lowest BCUT2D eigenvalue weighted by atomic mass is 9.68. The first kappa shape index (κ1) is 20.2. The van der Waals surface area contributed by atoms with Gasteiger partial charge in [-0.1, -0.05) is 38.3 Å². The van der Waals surface area contributed by atoms with Gasteiger partial charge >= 0.3 is 0 Å². The van der Waals surface area contributed by atoms with Crippen molar-refractivity contribution in [2.24, 2.45) is 0 Å². The van der Waals surface area contributed by atoms with Gasteiger partial charge in [-0.2, -0.15) is 0 Å². The Kier molecular flexibility index (Phi) is 6.55. The highest BCUT2D eigenvalue weighted by atomic mass is 16.5. The molecule has 1 aliphatic carbocycles. The van der Waals surface area contributed by atoms with Crippen molar-refractivity contribution in [3.05, 3.63) is 47.7 Å². The molecule has 5 nitrogen and oxygen atoms in total. The number of nitrogens with one attached hydrogen (secondary N) is 1. The Balaban J connectivity index is 1.84. The van der Waals surface area contributed by atoms with Crippen molar-refractivity contribution in [2.75, 3.05) is 19.0 Å². The number of amides is 1. The van der Waals surface area contributed by atoms with Gasteiger partial charge in [-0.05, 0) is 49.9 Å². The highest BCUT2D eigenvalue weighted by molar-refractivity contribution is 5.99. The summed E-state index contributed by atoms with van der Waals surface area (Å²) in [5.41, 5.74) is 2.06. The van der Waals surface area contributed by atoms with Gasteiger partial charge in [0.25, 0.3) is 0 Å². The van der Waals surface area contributed by atoms with E-state index in [-0.39, 0.29) is 5.91 Å².